The van der Waals surface area contributed by atoms with Gasteiger partial charge in [-0.1, -0.05) is 276 Å². The Labute approximate surface area is 411 Å². The van der Waals surface area contributed by atoms with Crippen LogP contribution in [0.4, 0.5) is 0 Å². The molecule has 0 heterocycles. The van der Waals surface area contributed by atoms with E-state index in [0.29, 0.717) is 19.4 Å². The molecule has 0 aliphatic carbocycles. The number of carbonyl (C=O) groups excluding carboxylic acids is 2. The molecule has 0 saturated heterocycles. The molecule has 0 aromatic rings. The number of carbonyl (C=O) groups is 2. The van der Waals surface area contributed by atoms with Gasteiger partial charge in [0.25, 0.3) is 0 Å². The van der Waals surface area contributed by atoms with Gasteiger partial charge in [-0.2, -0.15) is 0 Å². The molecule has 0 fully saturated rings. The summed E-state index contributed by atoms with van der Waals surface area (Å²) in [5, 5.41) is 23.1. The lowest BCUT2D eigenvalue weighted by Gasteiger charge is -2.20. The Balaban J connectivity index is 3.45. The van der Waals surface area contributed by atoms with Gasteiger partial charge >= 0.3 is 5.97 Å². The fraction of sp³-hybridized carbons (Fsp3) is 0.900. The SMILES string of the molecule is CCCCCCCCCCCCCC/C=C/C(O)C(CO)NC(=O)CCCCCCC/C=C\CCCCCCCCCOC(=O)CCCCCCCCCCCCCCCCCCCCC. The zero-order valence-corrected chi connectivity index (χ0v) is 44.4. The van der Waals surface area contributed by atoms with E-state index in [-0.39, 0.29) is 18.5 Å². The number of allylic oxidation sites excluding steroid dienone is 3. The van der Waals surface area contributed by atoms with Crippen LogP contribution in [0.15, 0.2) is 24.3 Å². The van der Waals surface area contributed by atoms with Crippen LogP contribution >= 0.6 is 0 Å². The van der Waals surface area contributed by atoms with Crippen molar-refractivity contribution in [1.82, 2.24) is 5.32 Å². The molecule has 0 aromatic carbocycles. The van der Waals surface area contributed by atoms with E-state index >= 15 is 0 Å². The fourth-order valence-corrected chi connectivity index (χ4v) is 9.16. The molecule has 6 heteroatoms. The third kappa shape index (κ3) is 51.7. The summed E-state index contributed by atoms with van der Waals surface area (Å²) >= 11 is 0. The lowest BCUT2D eigenvalue weighted by atomic mass is 10.0. The normalized spacial score (nSPS) is 12.7. The number of aliphatic hydroxyl groups excluding tert-OH is 2. The highest BCUT2D eigenvalue weighted by Crippen LogP contribution is 2.17. The number of hydrogen-bond acceptors (Lipinski definition) is 5. The van der Waals surface area contributed by atoms with E-state index in [1.807, 2.05) is 6.08 Å². The maximum absolute atomic E-state index is 12.4. The smallest absolute Gasteiger partial charge is 0.305 e. The van der Waals surface area contributed by atoms with E-state index in [0.717, 1.165) is 64.2 Å². The van der Waals surface area contributed by atoms with E-state index < -0.39 is 12.1 Å². The van der Waals surface area contributed by atoms with Crippen LogP contribution in [0.1, 0.15) is 322 Å². The monoisotopic (exact) mass is 930 g/mol. The highest BCUT2D eigenvalue weighted by Gasteiger charge is 2.18. The molecule has 2 atom stereocenters. The molecular weight excluding hydrogens is 815 g/mol. The van der Waals surface area contributed by atoms with Crippen LogP contribution in [0.5, 0.6) is 0 Å². The minimum atomic E-state index is -0.854. The first-order valence-electron chi connectivity index (χ1n) is 29.6. The average Bonchev–Trinajstić information content (AvgIpc) is 3.32. The van der Waals surface area contributed by atoms with Crippen LogP contribution in [0.2, 0.25) is 0 Å². The van der Waals surface area contributed by atoms with Crippen molar-refractivity contribution in [3.63, 3.8) is 0 Å². The van der Waals surface area contributed by atoms with Gasteiger partial charge in [-0.05, 0) is 57.8 Å². The first-order chi connectivity index (χ1) is 32.5. The van der Waals surface area contributed by atoms with Gasteiger partial charge in [0.1, 0.15) is 0 Å². The second-order valence-electron chi connectivity index (χ2n) is 20.3. The van der Waals surface area contributed by atoms with Crippen molar-refractivity contribution in [3.8, 4) is 0 Å². The molecule has 1 amide bonds. The average molecular weight is 931 g/mol. The van der Waals surface area contributed by atoms with Crippen LogP contribution < -0.4 is 5.32 Å². The Bertz CT molecular complexity index is 1030. The van der Waals surface area contributed by atoms with Crippen molar-refractivity contribution in [3.05, 3.63) is 24.3 Å². The van der Waals surface area contributed by atoms with Gasteiger partial charge in [-0.3, -0.25) is 9.59 Å². The minimum absolute atomic E-state index is 0.00104. The number of esters is 1. The predicted octanol–water partition coefficient (Wildman–Crippen LogP) is 18.2. The summed E-state index contributed by atoms with van der Waals surface area (Å²) in [5.41, 5.74) is 0. The van der Waals surface area contributed by atoms with Gasteiger partial charge in [0.15, 0.2) is 0 Å². The Hall–Kier alpha value is -1.66. The van der Waals surface area contributed by atoms with Gasteiger partial charge in [0, 0.05) is 12.8 Å². The Morgan fingerprint density at radius 2 is 0.712 bits per heavy atom. The third-order valence-electron chi connectivity index (χ3n) is 13.7. The second-order valence-corrected chi connectivity index (χ2v) is 20.3. The Morgan fingerprint density at radius 1 is 0.409 bits per heavy atom. The molecule has 0 aliphatic heterocycles. The Morgan fingerprint density at radius 3 is 1.08 bits per heavy atom. The predicted molar refractivity (Wildman–Crippen MR) is 287 cm³/mol. The molecule has 0 radical (unpaired) electrons. The highest BCUT2D eigenvalue weighted by atomic mass is 16.5. The molecule has 3 N–H and O–H groups in total. The molecule has 0 aliphatic rings. The van der Waals surface area contributed by atoms with Crippen molar-refractivity contribution in [2.45, 2.75) is 334 Å². The third-order valence-corrected chi connectivity index (χ3v) is 13.7. The van der Waals surface area contributed by atoms with Crippen molar-refractivity contribution < 1.29 is 24.5 Å². The minimum Gasteiger partial charge on any atom is -0.466 e. The van der Waals surface area contributed by atoms with Gasteiger partial charge in [0.2, 0.25) is 5.91 Å². The Kier molecular flexibility index (Phi) is 54.5. The molecule has 0 bridgehead atoms. The number of rotatable bonds is 55. The van der Waals surface area contributed by atoms with E-state index in [1.165, 1.54) is 231 Å². The number of nitrogens with one attached hydrogen (secondary N) is 1. The topological polar surface area (TPSA) is 95.9 Å². The molecular formula is C60H115NO5. The summed E-state index contributed by atoms with van der Waals surface area (Å²) in [4.78, 5) is 24.5. The molecule has 390 valence electrons. The van der Waals surface area contributed by atoms with Crippen LogP contribution in [-0.4, -0.2) is 47.4 Å². The second kappa shape index (κ2) is 55.9. The molecule has 2 unspecified atom stereocenters. The largest absolute Gasteiger partial charge is 0.466 e. The van der Waals surface area contributed by atoms with Crippen LogP contribution in [-0.2, 0) is 14.3 Å². The molecule has 0 saturated carbocycles. The van der Waals surface area contributed by atoms with E-state index in [1.54, 1.807) is 6.08 Å². The maximum atomic E-state index is 12.4. The van der Waals surface area contributed by atoms with Gasteiger partial charge < -0.3 is 20.3 Å². The molecule has 0 rings (SSSR count). The first kappa shape index (κ1) is 64.3. The lowest BCUT2D eigenvalue weighted by Crippen LogP contribution is -2.45. The number of unbranched alkanes of at least 4 members (excludes halogenated alkanes) is 42. The number of hydrogen-bond donors (Lipinski definition) is 3. The van der Waals surface area contributed by atoms with Gasteiger partial charge in [0.05, 0.1) is 25.4 Å². The standard InChI is InChI=1S/C60H115NO5/c1-3-5-7-9-11-13-15-17-19-20-21-22-26-30-34-38-42-46-50-54-60(65)66-55-51-47-43-39-35-31-27-24-23-25-29-33-37-41-45-49-53-59(64)61-57(56-62)58(63)52-48-44-40-36-32-28-18-16-14-12-10-8-6-4-2/h23,25,48,52,57-58,62-63H,3-22,24,26-47,49-51,53-56H2,1-2H3,(H,61,64)/b25-23-,52-48+. The van der Waals surface area contributed by atoms with E-state index in [4.69, 9.17) is 4.74 Å². The van der Waals surface area contributed by atoms with Gasteiger partial charge in [-0.25, -0.2) is 0 Å². The summed E-state index contributed by atoms with van der Waals surface area (Å²) in [6.45, 7) is 4.90. The summed E-state index contributed by atoms with van der Waals surface area (Å²) < 4.78 is 5.49. The van der Waals surface area contributed by atoms with Crippen molar-refractivity contribution in [2.75, 3.05) is 13.2 Å². The van der Waals surface area contributed by atoms with Crippen LogP contribution in [0.25, 0.3) is 0 Å². The molecule has 6 nitrogen and oxygen atoms in total. The van der Waals surface area contributed by atoms with Crippen molar-refractivity contribution in [1.29, 1.82) is 0 Å². The van der Waals surface area contributed by atoms with Crippen LogP contribution in [0, 0.1) is 0 Å². The molecule has 66 heavy (non-hydrogen) atoms. The summed E-state index contributed by atoms with van der Waals surface area (Å²) in [6, 6.07) is -0.639. The zero-order chi connectivity index (χ0) is 47.9. The number of aliphatic hydroxyl groups is 2. The lowest BCUT2D eigenvalue weighted by molar-refractivity contribution is -0.143. The summed E-state index contributed by atoms with van der Waals surface area (Å²) in [7, 11) is 0. The number of amides is 1. The van der Waals surface area contributed by atoms with E-state index in [2.05, 4.69) is 31.3 Å². The van der Waals surface area contributed by atoms with E-state index in [9.17, 15) is 19.8 Å². The van der Waals surface area contributed by atoms with Crippen molar-refractivity contribution >= 4 is 11.9 Å². The maximum Gasteiger partial charge on any atom is 0.305 e. The molecule has 0 spiro atoms. The zero-order valence-electron chi connectivity index (χ0n) is 44.4. The van der Waals surface area contributed by atoms with Gasteiger partial charge in [-0.15, -0.1) is 0 Å². The highest BCUT2D eigenvalue weighted by molar-refractivity contribution is 5.76. The molecule has 0 aromatic heterocycles. The quantitative estimate of drug-likeness (QED) is 0.0321. The fourth-order valence-electron chi connectivity index (χ4n) is 9.16. The summed E-state index contributed by atoms with van der Waals surface area (Å²) in [5.74, 6) is -0.0830. The van der Waals surface area contributed by atoms with Crippen LogP contribution in [0.3, 0.4) is 0 Å². The number of ether oxygens (including phenoxy) is 1. The first-order valence-corrected chi connectivity index (χ1v) is 29.6. The summed E-state index contributed by atoms with van der Waals surface area (Å²) in [6.07, 6.45) is 67.7. The van der Waals surface area contributed by atoms with Crippen molar-refractivity contribution in [2.24, 2.45) is 0 Å².